The maximum Gasteiger partial charge on any atom is 0.358 e. The number of carbonyl (C=O) groups is 2. The lowest BCUT2D eigenvalue weighted by molar-refractivity contribution is 0.0688. The number of carboxylic acids is 1. The maximum atomic E-state index is 12.3. The van der Waals surface area contributed by atoms with Crippen LogP contribution in [-0.4, -0.2) is 38.0 Å². The Bertz CT molecular complexity index is 761. The fraction of sp³-hybridized carbons (Fsp3) is 0.444. The number of nitrogens with one attached hydrogen (secondary N) is 1. The Labute approximate surface area is 146 Å². The molecule has 1 fully saturated rings. The Balaban J connectivity index is 1.80. The predicted molar refractivity (Wildman–Crippen MR) is 92.0 cm³/mol. The number of carboxylic acid groups (broad SMARTS) is 1. The average Bonchev–Trinajstić information content (AvgIpc) is 3.25. The summed E-state index contributed by atoms with van der Waals surface area (Å²) in [5.41, 5.74) is 1.83. The van der Waals surface area contributed by atoms with Gasteiger partial charge in [-0.1, -0.05) is 31.4 Å². The van der Waals surface area contributed by atoms with E-state index in [0.29, 0.717) is 23.4 Å². The molecule has 0 aliphatic heterocycles. The quantitative estimate of drug-likeness (QED) is 0.841. The van der Waals surface area contributed by atoms with E-state index in [-0.39, 0.29) is 17.6 Å². The van der Waals surface area contributed by atoms with E-state index in [0.717, 1.165) is 19.3 Å². The van der Waals surface area contributed by atoms with Crippen molar-refractivity contribution in [3.63, 3.8) is 0 Å². The third-order valence-corrected chi connectivity index (χ3v) is 4.52. The summed E-state index contributed by atoms with van der Waals surface area (Å²) in [6.45, 7) is 1.97. The number of benzene rings is 1. The Morgan fingerprint density at radius 2 is 1.92 bits per heavy atom. The smallest absolute Gasteiger partial charge is 0.358 e. The lowest BCUT2D eigenvalue weighted by Crippen LogP contribution is -2.32. The molecule has 0 bridgehead atoms. The second kappa shape index (κ2) is 7.46. The van der Waals surface area contributed by atoms with Crippen molar-refractivity contribution in [3.8, 4) is 5.69 Å². The highest BCUT2D eigenvalue weighted by molar-refractivity contribution is 5.94. The van der Waals surface area contributed by atoms with Crippen molar-refractivity contribution in [3.05, 3.63) is 41.2 Å². The lowest BCUT2D eigenvalue weighted by Gasteiger charge is -2.12. The molecule has 0 saturated heterocycles. The molecular formula is C18H22N4O3. The van der Waals surface area contributed by atoms with E-state index < -0.39 is 5.97 Å². The molecule has 0 radical (unpaired) electrons. The molecule has 0 atom stereocenters. The summed E-state index contributed by atoms with van der Waals surface area (Å²) in [4.78, 5) is 23.6. The highest BCUT2D eigenvalue weighted by Crippen LogP contribution is 2.19. The molecule has 2 N–H and O–H groups in total. The van der Waals surface area contributed by atoms with Gasteiger partial charge in [-0.3, -0.25) is 4.79 Å². The van der Waals surface area contributed by atoms with E-state index in [1.165, 1.54) is 17.5 Å². The van der Waals surface area contributed by atoms with Gasteiger partial charge in [0, 0.05) is 11.6 Å². The first kappa shape index (κ1) is 17.1. The van der Waals surface area contributed by atoms with Crippen molar-refractivity contribution < 1.29 is 14.7 Å². The predicted octanol–water partition coefficient (Wildman–Crippen LogP) is 2.59. The summed E-state index contributed by atoms with van der Waals surface area (Å²) < 4.78 is 1.53. The van der Waals surface area contributed by atoms with Crippen LogP contribution < -0.4 is 5.32 Å². The van der Waals surface area contributed by atoms with Gasteiger partial charge in [-0.25, -0.2) is 9.48 Å². The van der Waals surface area contributed by atoms with Crippen molar-refractivity contribution in [2.24, 2.45) is 0 Å². The summed E-state index contributed by atoms with van der Waals surface area (Å²) in [7, 11) is 0. The number of hydrogen-bond acceptors (Lipinski definition) is 4. The Hall–Kier alpha value is -2.70. The number of nitrogens with zero attached hydrogens (tertiary/aromatic N) is 3. The minimum atomic E-state index is -1.08. The zero-order valence-corrected chi connectivity index (χ0v) is 14.2. The van der Waals surface area contributed by atoms with Crippen LogP contribution in [0.3, 0.4) is 0 Å². The van der Waals surface area contributed by atoms with Crippen molar-refractivity contribution in [1.82, 2.24) is 20.3 Å². The molecule has 1 aromatic heterocycles. The summed E-state index contributed by atoms with van der Waals surface area (Å²) >= 11 is 0. The summed E-state index contributed by atoms with van der Waals surface area (Å²) in [5.74, 6) is -1.15. The van der Waals surface area contributed by atoms with E-state index in [1.54, 1.807) is 24.3 Å². The van der Waals surface area contributed by atoms with Crippen LogP contribution in [0.25, 0.3) is 5.69 Å². The molecule has 1 aromatic carbocycles. The molecule has 3 rings (SSSR count). The number of amides is 1. The Morgan fingerprint density at radius 3 is 2.52 bits per heavy atom. The van der Waals surface area contributed by atoms with Crippen molar-refractivity contribution in [2.45, 2.75) is 51.5 Å². The number of carbonyl (C=O) groups excluding carboxylic acids is 1. The van der Waals surface area contributed by atoms with Gasteiger partial charge in [0.05, 0.1) is 11.4 Å². The SMILES string of the molecule is CCCc1c(C(=O)O)nnn1-c1ccc(C(=O)NC2CCCC2)cc1. The summed E-state index contributed by atoms with van der Waals surface area (Å²) in [6, 6.07) is 7.28. The van der Waals surface area contributed by atoms with E-state index in [2.05, 4.69) is 15.6 Å². The first-order valence-corrected chi connectivity index (χ1v) is 8.69. The van der Waals surface area contributed by atoms with Gasteiger partial charge in [0.25, 0.3) is 5.91 Å². The molecule has 0 spiro atoms. The van der Waals surface area contributed by atoms with Gasteiger partial charge in [0.2, 0.25) is 0 Å². The highest BCUT2D eigenvalue weighted by atomic mass is 16.4. The zero-order valence-electron chi connectivity index (χ0n) is 14.2. The minimum absolute atomic E-state index is 0.0232. The van der Waals surface area contributed by atoms with E-state index >= 15 is 0 Å². The molecule has 2 aromatic rings. The molecule has 25 heavy (non-hydrogen) atoms. The first-order valence-electron chi connectivity index (χ1n) is 8.69. The lowest BCUT2D eigenvalue weighted by atomic mass is 10.1. The second-order valence-electron chi connectivity index (χ2n) is 6.35. The van der Waals surface area contributed by atoms with Crippen LogP contribution in [0.1, 0.15) is 65.6 Å². The Morgan fingerprint density at radius 1 is 1.24 bits per heavy atom. The average molecular weight is 342 g/mol. The van der Waals surface area contributed by atoms with Crippen molar-refractivity contribution in [1.29, 1.82) is 0 Å². The molecule has 0 unspecified atom stereocenters. The van der Waals surface area contributed by atoms with E-state index in [1.807, 2.05) is 6.92 Å². The normalized spacial score (nSPS) is 14.6. The number of aromatic nitrogens is 3. The van der Waals surface area contributed by atoms with Crippen LogP contribution in [0.5, 0.6) is 0 Å². The van der Waals surface area contributed by atoms with Crippen LogP contribution >= 0.6 is 0 Å². The molecule has 1 saturated carbocycles. The molecule has 1 aliphatic carbocycles. The zero-order chi connectivity index (χ0) is 17.8. The third kappa shape index (κ3) is 3.70. The second-order valence-corrected chi connectivity index (χ2v) is 6.35. The monoisotopic (exact) mass is 342 g/mol. The van der Waals surface area contributed by atoms with Gasteiger partial charge in [-0.2, -0.15) is 0 Å². The topological polar surface area (TPSA) is 97.1 Å². The first-order chi connectivity index (χ1) is 12.1. The standard InChI is InChI=1S/C18H22N4O3/c1-2-5-15-16(18(24)25)20-21-22(15)14-10-8-12(9-11-14)17(23)19-13-6-3-4-7-13/h8-11,13H,2-7H2,1H3,(H,19,23)(H,24,25). The number of rotatable bonds is 6. The van der Waals surface area contributed by atoms with Crippen LogP contribution in [0, 0.1) is 0 Å². The third-order valence-electron chi connectivity index (χ3n) is 4.52. The molecule has 7 heteroatoms. The van der Waals surface area contributed by atoms with Gasteiger partial charge >= 0.3 is 5.97 Å². The highest BCUT2D eigenvalue weighted by Gasteiger charge is 2.20. The van der Waals surface area contributed by atoms with Gasteiger partial charge in [0.15, 0.2) is 5.69 Å². The summed E-state index contributed by atoms with van der Waals surface area (Å²) in [6.07, 6.45) is 5.78. The largest absolute Gasteiger partial charge is 0.476 e. The Kier molecular flexibility index (Phi) is 5.11. The molecule has 1 aliphatic rings. The van der Waals surface area contributed by atoms with Crippen molar-refractivity contribution in [2.75, 3.05) is 0 Å². The van der Waals surface area contributed by atoms with Gasteiger partial charge in [-0.05, 0) is 43.5 Å². The summed E-state index contributed by atoms with van der Waals surface area (Å²) in [5, 5.41) is 20.0. The van der Waals surface area contributed by atoms with E-state index in [4.69, 9.17) is 0 Å². The fourth-order valence-electron chi connectivity index (χ4n) is 3.23. The minimum Gasteiger partial charge on any atom is -0.476 e. The molecule has 1 amide bonds. The molecule has 7 nitrogen and oxygen atoms in total. The molecular weight excluding hydrogens is 320 g/mol. The van der Waals surface area contributed by atoms with Crippen LogP contribution in [-0.2, 0) is 6.42 Å². The molecule has 132 valence electrons. The molecule has 1 heterocycles. The van der Waals surface area contributed by atoms with Gasteiger partial charge in [-0.15, -0.1) is 5.10 Å². The number of aromatic carboxylic acids is 1. The fourth-order valence-corrected chi connectivity index (χ4v) is 3.23. The number of hydrogen-bond donors (Lipinski definition) is 2. The van der Waals surface area contributed by atoms with Crippen LogP contribution in [0.2, 0.25) is 0 Å². The van der Waals surface area contributed by atoms with E-state index in [9.17, 15) is 14.7 Å². The van der Waals surface area contributed by atoms with Crippen molar-refractivity contribution >= 4 is 11.9 Å². The van der Waals surface area contributed by atoms with Crippen LogP contribution in [0.15, 0.2) is 24.3 Å². The van der Waals surface area contributed by atoms with Gasteiger partial charge in [0.1, 0.15) is 0 Å². The van der Waals surface area contributed by atoms with Crippen LogP contribution in [0.4, 0.5) is 0 Å². The van der Waals surface area contributed by atoms with Gasteiger partial charge < -0.3 is 10.4 Å². The maximum absolute atomic E-state index is 12.3.